The molecule has 3 heteroatoms. The molecule has 0 aliphatic carbocycles. The van der Waals surface area contributed by atoms with Crippen molar-refractivity contribution in [2.45, 2.75) is 58.5 Å². The summed E-state index contributed by atoms with van der Waals surface area (Å²) in [6.45, 7) is 7.67. The summed E-state index contributed by atoms with van der Waals surface area (Å²) >= 11 is 0. The molecule has 0 aromatic heterocycles. The van der Waals surface area contributed by atoms with Crippen molar-refractivity contribution in [1.29, 1.82) is 0 Å². The first-order valence-electron chi connectivity index (χ1n) is 8.03. The van der Waals surface area contributed by atoms with E-state index in [2.05, 4.69) is 49.9 Å². The van der Waals surface area contributed by atoms with Gasteiger partial charge in [-0.3, -0.25) is 9.69 Å². The average Bonchev–Trinajstić information content (AvgIpc) is 2.85. The Morgan fingerprint density at radius 2 is 1.95 bits per heavy atom. The van der Waals surface area contributed by atoms with Gasteiger partial charge in [0.05, 0.1) is 6.42 Å². The van der Waals surface area contributed by atoms with Crippen LogP contribution in [0, 0.1) is 5.92 Å². The highest BCUT2D eigenvalue weighted by Crippen LogP contribution is 2.30. The van der Waals surface area contributed by atoms with Gasteiger partial charge in [-0.2, -0.15) is 0 Å². The van der Waals surface area contributed by atoms with Gasteiger partial charge in [0.1, 0.15) is 0 Å². The van der Waals surface area contributed by atoms with E-state index in [4.69, 9.17) is 5.11 Å². The lowest BCUT2D eigenvalue weighted by Crippen LogP contribution is -2.33. The second-order valence-corrected chi connectivity index (χ2v) is 6.65. The summed E-state index contributed by atoms with van der Waals surface area (Å²) in [6.07, 6.45) is 3.48. The standard InChI is InChI=1S/C18H27NO2/c1-13(2)11-15-6-8-16(9-7-15)14(3)19-10-4-5-17(19)12-18(20)21/h6-9,13-14,17H,4-5,10-12H2,1-3H3,(H,20,21). The number of carboxylic acids is 1. The molecule has 1 N–H and O–H groups in total. The van der Waals surface area contributed by atoms with Gasteiger partial charge in [-0.25, -0.2) is 0 Å². The number of likely N-dealkylation sites (tertiary alicyclic amines) is 1. The lowest BCUT2D eigenvalue weighted by atomic mass is 9.99. The third kappa shape index (κ3) is 4.31. The summed E-state index contributed by atoms with van der Waals surface area (Å²) in [5, 5.41) is 9.04. The third-order valence-electron chi connectivity index (χ3n) is 4.44. The summed E-state index contributed by atoms with van der Waals surface area (Å²) in [5.41, 5.74) is 2.67. The van der Waals surface area contributed by atoms with Crippen LogP contribution in [-0.4, -0.2) is 28.6 Å². The first-order chi connectivity index (χ1) is 9.97. The first kappa shape index (κ1) is 16.0. The van der Waals surface area contributed by atoms with Crippen molar-refractivity contribution in [3.8, 4) is 0 Å². The van der Waals surface area contributed by atoms with E-state index in [0.29, 0.717) is 12.0 Å². The van der Waals surface area contributed by atoms with Crippen molar-refractivity contribution in [1.82, 2.24) is 4.90 Å². The van der Waals surface area contributed by atoms with Crippen molar-refractivity contribution >= 4 is 5.97 Å². The van der Waals surface area contributed by atoms with E-state index in [9.17, 15) is 4.79 Å². The number of carbonyl (C=O) groups is 1. The van der Waals surface area contributed by atoms with E-state index < -0.39 is 5.97 Å². The molecule has 0 bridgehead atoms. The molecule has 2 rings (SSSR count). The van der Waals surface area contributed by atoms with Gasteiger partial charge in [0.15, 0.2) is 0 Å². The minimum atomic E-state index is -0.689. The minimum absolute atomic E-state index is 0.188. The second-order valence-electron chi connectivity index (χ2n) is 6.65. The van der Waals surface area contributed by atoms with Gasteiger partial charge in [-0.1, -0.05) is 38.1 Å². The Kier molecular flexibility index (Phi) is 5.40. The van der Waals surface area contributed by atoms with Gasteiger partial charge in [0.2, 0.25) is 0 Å². The van der Waals surface area contributed by atoms with Gasteiger partial charge >= 0.3 is 5.97 Å². The Balaban J connectivity index is 2.04. The summed E-state index contributed by atoms with van der Waals surface area (Å²) in [6, 6.07) is 9.33. The minimum Gasteiger partial charge on any atom is -0.481 e. The molecule has 2 atom stereocenters. The molecule has 2 unspecified atom stereocenters. The highest BCUT2D eigenvalue weighted by Gasteiger charge is 2.30. The number of nitrogens with zero attached hydrogens (tertiary/aromatic N) is 1. The fourth-order valence-corrected chi connectivity index (χ4v) is 3.38. The Morgan fingerprint density at radius 1 is 1.29 bits per heavy atom. The number of carboxylic acid groups (broad SMARTS) is 1. The molecule has 1 aliphatic heterocycles. The van der Waals surface area contributed by atoms with Gasteiger partial charge < -0.3 is 5.11 Å². The van der Waals surface area contributed by atoms with Crippen LogP contribution in [0.3, 0.4) is 0 Å². The molecule has 0 radical (unpaired) electrons. The molecule has 116 valence electrons. The van der Waals surface area contributed by atoms with Crippen LogP contribution in [0.25, 0.3) is 0 Å². The quantitative estimate of drug-likeness (QED) is 0.864. The fourth-order valence-electron chi connectivity index (χ4n) is 3.38. The molecule has 0 amide bonds. The topological polar surface area (TPSA) is 40.5 Å². The fraction of sp³-hybridized carbons (Fsp3) is 0.611. The molecule has 3 nitrogen and oxygen atoms in total. The molecule has 21 heavy (non-hydrogen) atoms. The monoisotopic (exact) mass is 289 g/mol. The average molecular weight is 289 g/mol. The van der Waals surface area contributed by atoms with E-state index >= 15 is 0 Å². The van der Waals surface area contributed by atoms with Gasteiger partial charge in [-0.15, -0.1) is 0 Å². The number of hydrogen-bond donors (Lipinski definition) is 1. The van der Waals surface area contributed by atoms with Crippen LogP contribution in [0.4, 0.5) is 0 Å². The first-order valence-corrected chi connectivity index (χ1v) is 8.03. The van der Waals surface area contributed by atoms with E-state index in [0.717, 1.165) is 25.8 Å². The summed E-state index contributed by atoms with van der Waals surface area (Å²) in [4.78, 5) is 13.3. The van der Waals surface area contributed by atoms with Gasteiger partial charge in [0, 0.05) is 12.1 Å². The Hall–Kier alpha value is -1.35. The maximum absolute atomic E-state index is 11.0. The van der Waals surface area contributed by atoms with Crippen LogP contribution in [0.5, 0.6) is 0 Å². The molecule has 1 fully saturated rings. The lowest BCUT2D eigenvalue weighted by molar-refractivity contribution is -0.138. The summed E-state index contributed by atoms with van der Waals surface area (Å²) in [5.74, 6) is -0.0156. The largest absolute Gasteiger partial charge is 0.481 e. The molecule has 1 saturated heterocycles. The SMILES string of the molecule is CC(C)Cc1ccc(C(C)N2CCCC2CC(=O)O)cc1. The maximum atomic E-state index is 11.0. The van der Waals surface area contributed by atoms with Crippen molar-refractivity contribution in [3.05, 3.63) is 35.4 Å². The molecular formula is C18H27NO2. The van der Waals surface area contributed by atoms with Crippen LogP contribution in [0.15, 0.2) is 24.3 Å². The number of rotatable bonds is 6. The molecule has 0 saturated carbocycles. The number of benzene rings is 1. The Labute approximate surface area is 128 Å². The van der Waals surface area contributed by atoms with Gasteiger partial charge in [-0.05, 0) is 49.8 Å². The van der Waals surface area contributed by atoms with Crippen LogP contribution >= 0.6 is 0 Å². The van der Waals surface area contributed by atoms with Crippen molar-refractivity contribution in [2.24, 2.45) is 5.92 Å². The normalized spacial score (nSPS) is 20.9. The molecule has 1 aliphatic rings. The smallest absolute Gasteiger partial charge is 0.304 e. The van der Waals surface area contributed by atoms with E-state index in [-0.39, 0.29) is 12.5 Å². The van der Waals surface area contributed by atoms with E-state index in [1.807, 2.05) is 0 Å². The predicted octanol–water partition coefficient (Wildman–Crippen LogP) is 3.89. The zero-order chi connectivity index (χ0) is 15.4. The summed E-state index contributed by atoms with van der Waals surface area (Å²) in [7, 11) is 0. The van der Waals surface area contributed by atoms with E-state index in [1.165, 1.54) is 11.1 Å². The van der Waals surface area contributed by atoms with Crippen LogP contribution < -0.4 is 0 Å². The molecule has 1 aromatic carbocycles. The maximum Gasteiger partial charge on any atom is 0.304 e. The summed E-state index contributed by atoms with van der Waals surface area (Å²) < 4.78 is 0. The van der Waals surface area contributed by atoms with Gasteiger partial charge in [0.25, 0.3) is 0 Å². The molecule has 1 aromatic rings. The highest BCUT2D eigenvalue weighted by atomic mass is 16.4. The highest BCUT2D eigenvalue weighted by molar-refractivity contribution is 5.67. The molecule has 0 spiro atoms. The van der Waals surface area contributed by atoms with Crippen LogP contribution in [0.1, 0.15) is 57.2 Å². The second kappa shape index (κ2) is 7.08. The zero-order valence-electron chi connectivity index (χ0n) is 13.4. The molecule has 1 heterocycles. The van der Waals surface area contributed by atoms with Crippen LogP contribution in [-0.2, 0) is 11.2 Å². The Morgan fingerprint density at radius 3 is 2.52 bits per heavy atom. The molecular weight excluding hydrogens is 262 g/mol. The number of hydrogen-bond acceptors (Lipinski definition) is 2. The predicted molar refractivity (Wildman–Crippen MR) is 85.4 cm³/mol. The number of aliphatic carboxylic acids is 1. The van der Waals surface area contributed by atoms with E-state index in [1.54, 1.807) is 0 Å². The van der Waals surface area contributed by atoms with Crippen molar-refractivity contribution in [3.63, 3.8) is 0 Å². The van der Waals surface area contributed by atoms with Crippen molar-refractivity contribution < 1.29 is 9.90 Å². The lowest BCUT2D eigenvalue weighted by Gasteiger charge is -2.30. The Bertz CT molecular complexity index is 467. The zero-order valence-corrected chi connectivity index (χ0v) is 13.4. The van der Waals surface area contributed by atoms with Crippen molar-refractivity contribution in [2.75, 3.05) is 6.54 Å². The van der Waals surface area contributed by atoms with Crippen LogP contribution in [0.2, 0.25) is 0 Å². The third-order valence-corrected chi connectivity index (χ3v) is 4.44.